The number of imidazole rings is 1. The van der Waals surface area contributed by atoms with Gasteiger partial charge in [0.25, 0.3) is 0 Å². The maximum Gasteiger partial charge on any atom is 0.166 e. The van der Waals surface area contributed by atoms with E-state index in [-0.39, 0.29) is 0 Å². The van der Waals surface area contributed by atoms with Crippen molar-refractivity contribution in [2.45, 2.75) is 5.16 Å². The molecule has 0 radical (unpaired) electrons. The zero-order valence-corrected chi connectivity index (χ0v) is 13.6. The van der Waals surface area contributed by atoms with Crippen LogP contribution in [0.2, 0.25) is 5.02 Å². The molecule has 0 saturated heterocycles. The number of fused-ring (bicyclic) bond motifs is 1. The fraction of sp³-hybridized carbons (Fsp3) is 0.188. The van der Waals surface area contributed by atoms with Crippen LogP contribution in [0.5, 0.6) is 11.5 Å². The van der Waals surface area contributed by atoms with Crippen molar-refractivity contribution in [1.29, 1.82) is 0 Å². The van der Waals surface area contributed by atoms with Gasteiger partial charge in [0.2, 0.25) is 0 Å². The highest BCUT2D eigenvalue weighted by Crippen LogP contribution is 2.22. The first-order chi connectivity index (χ1) is 10.7. The Balaban J connectivity index is 1.51. The van der Waals surface area contributed by atoms with Gasteiger partial charge in [-0.15, -0.1) is 0 Å². The molecule has 3 aromatic rings. The molecule has 0 saturated carbocycles. The predicted octanol–water partition coefficient (Wildman–Crippen LogP) is 4.40. The van der Waals surface area contributed by atoms with Crippen molar-refractivity contribution >= 4 is 34.4 Å². The second-order valence-electron chi connectivity index (χ2n) is 4.58. The molecule has 0 spiro atoms. The second kappa shape index (κ2) is 6.94. The number of aromatic amines is 1. The van der Waals surface area contributed by atoms with E-state index in [1.165, 1.54) is 0 Å². The number of thioether (sulfide) groups is 1. The second-order valence-corrected chi connectivity index (χ2v) is 6.10. The van der Waals surface area contributed by atoms with E-state index in [1.807, 2.05) is 42.5 Å². The largest absolute Gasteiger partial charge is 0.497 e. The zero-order valence-electron chi connectivity index (χ0n) is 12.0. The first-order valence-corrected chi connectivity index (χ1v) is 8.16. The van der Waals surface area contributed by atoms with E-state index in [2.05, 4.69) is 9.97 Å². The van der Waals surface area contributed by atoms with Gasteiger partial charge in [-0.1, -0.05) is 23.4 Å². The Morgan fingerprint density at radius 3 is 2.68 bits per heavy atom. The van der Waals surface area contributed by atoms with Crippen LogP contribution in [0.25, 0.3) is 11.0 Å². The number of ether oxygens (including phenoxy) is 2. The summed E-state index contributed by atoms with van der Waals surface area (Å²) in [5.41, 5.74) is 1.87. The molecule has 0 aliphatic rings. The summed E-state index contributed by atoms with van der Waals surface area (Å²) in [6.45, 7) is 0.606. The van der Waals surface area contributed by atoms with Crippen molar-refractivity contribution in [2.75, 3.05) is 19.5 Å². The number of hydrogen-bond acceptors (Lipinski definition) is 4. The summed E-state index contributed by atoms with van der Waals surface area (Å²) in [5.74, 6) is 2.46. The minimum absolute atomic E-state index is 0.606. The summed E-state index contributed by atoms with van der Waals surface area (Å²) in [7, 11) is 1.65. The summed E-state index contributed by atoms with van der Waals surface area (Å²) >= 11 is 7.58. The fourth-order valence-corrected chi connectivity index (χ4v) is 2.87. The fourth-order valence-electron chi connectivity index (χ4n) is 2.00. The molecule has 1 N–H and O–H groups in total. The third-order valence-corrected chi connectivity index (χ3v) is 4.15. The van der Waals surface area contributed by atoms with Crippen molar-refractivity contribution in [2.24, 2.45) is 0 Å². The number of nitrogens with one attached hydrogen (secondary N) is 1. The Bertz CT molecular complexity index is 758. The van der Waals surface area contributed by atoms with Crippen LogP contribution in [0.1, 0.15) is 0 Å². The van der Waals surface area contributed by atoms with Gasteiger partial charge in [-0.2, -0.15) is 0 Å². The number of rotatable bonds is 6. The lowest BCUT2D eigenvalue weighted by atomic mass is 10.3. The molecule has 1 aromatic heterocycles. The van der Waals surface area contributed by atoms with Crippen LogP contribution < -0.4 is 9.47 Å². The molecule has 0 amide bonds. The Labute approximate surface area is 137 Å². The van der Waals surface area contributed by atoms with E-state index < -0.39 is 0 Å². The van der Waals surface area contributed by atoms with Crippen molar-refractivity contribution < 1.29 is 9.47 Å². The number of benzene rings is 2. The summed E-state index contributed by atoms with van der Waals surface area (Å²) in [6.07, 6.45) is 0. The molecule has 3 rings (SSSR count). The van der Waals surface area contributed by atoms with Crippen molar-refractivity contribution in [3.8, 4) is 11.5 Å². The maximum absolute atomic E-state index is 5.96. The average molecular weight is 335 g/mol. The number of nitrogens with zero attached hydrogens (tertiary/aromatic N) is 1. The zero-order chi connectivity index (χ0) is 15.4. The summed E-state index contributed by atoms with van der Waals surface area (Å²) in [4.78, 5) is 7.74. The molecule has 0 aliphatic carbocycles. The molecule has 0 fully saturated rings. The highest BCUT2D eigenvalue weighted by molar-refractivity contribution is 7.99. The molecule has 0 aliphatic heterocycles. The van der Waals surface area contributed by atoms with Gasteiger partial charge in [-0.05, 0) is 42.5 Å². The smallest absolute Gasteiger partial charge is 0.166 e. The lowest BCUT2D eigenvalue weighted by molar-refractivity contribution is 0.342. The third kappa shape index (κ3) is 3.67. The minimum Gasteiger partial charge on any atom is -0.497 e. The van der Waals surface area contributed by atoms with Gasteiger partial charge < -0.3 is 14.5 Å². The highest BCUT2D eigenvalue weighted by atomic mass is 35.5. The van der Waals surface area contributed by atoms with Gasteiger partial charge in [-0.3, -0.25) is 0 Å². The lowest BCUT2D eigenvalue weighted by Gasteiger charge is -2.06. The summed E-state index contributed by atoms with van der Waals surface area (Å²) in [5, 5.41) is 1.58. The predicted molar refractivity (Wildman–Crippen MR) is 90.3 cm³/mol. The van der Waals surface area contributed by atoms with Crippen LogP contribution in [0.3, 0.4) is 0 Å². The molecular weight excluding hydrogens is 320 g/mol. The number of hydrogen-bond donors (Lipinski definition) is 1. The Kier molecular flexibility index (Phi) is 4.75. The molecule has 1 heterocycles. The van der Waals surface area contributed by atoms with Crippen LogP contribution in [-0.2, 0) is 0 Å². The monoisotopic (exact) mass is 334 g/mol. The van der Waals surface area contributed by atoms with Gasteiger partial charge in [0.15, 0.2) is 5.16 Å². The molecule has 0 atom stereocenters. The van der Waals surface area contributed by atoms with E-state index >= 15 is 0 Å². The molecule has 114 valence electrons. The summed E-state index contributed by atoms with van der Waals surface area (Å²) in [6, 6.07) is 13.2. The quantitative estimate of drug-likeness (QED) is 0.536. The van der Waals surface area contributed by atoms with Gasteiger partial charge in [-0.25, -0.2) is 4.98 Å². The summed E-state index contributed by atoms with van der Waals surface area (Å²) < 4.78 is 10.8. The first-order valence-electron chi connectivity index (χ1n) is 6.79. The Hall–Kier alpha value is -1.85. The van der Waals surface area contributed by atoms with E-state index in [1.54, 1.807) is 18.9 Å². The van der Waals surface area contributed by atoms with Crippen molar-refractivity contribution in [3.63, 3.8) is 0 Å². The molecule has 0 bridgehead atoms. The van der Waals surface area contributed by atoms with Crippen molar-refractivity contribution in [1.82, 2.24) is 9.97 Å². The van der Waals surface area contributed by atoms with Crippen LogP contribution in [0, 0.1) is 0 Å². The number of H-pyrrole nitrogens is 1. The van der Waals surface area contributed by atoms with Crippen LogP contribution in [-0.4, -0.2) is 29.4 Å². The molecule has 2 aromatic carbocycles. The van der Waals surface area contributed by atoms with Crippen LogP contribution in [0.15, 0.2) is 47.6 Å². The normalized spacial score (nSPS) is 10.8. The third-order valence-electron chi connectivity index (χ3n) is 3.07. The van der Waals surface area contributed by atoms with Crippen molar-refractivity contribution in [3.05, 3.63) is 47.5 Å². The molecular formula is C16H15ClN2O2S. The molecule has 6 heteroatoms. The number of halogens is 1. The molecule has 22 heavy (non-hydrogen) atoms. The van der Waals surface area contributed by atoms with Crippen LogP contribution >= 0.6 is 23.4 Å². The SMILES string of the molecule is COc1ccc(OCCSc2nc3ccc(Cl)cc3[nH]2)cc1. The standard InChI is InChI=1S/C16H15ClN2O2S/c1-20-12-3-5-13(6-4-12)21-8-9-22-16-18-14-7-2-11(17)10-15(14)19-16/h2-7,10H,8-9H2,1H3,(H,18,19). The molecule has 4 nitrogen and oxygen atoms in total. The minimum atomic E-state index is 0.606. The first kappa shape index (κ1) is 15.1. The number of methoxy groups -OCH3 is 1. The van der Waals surface area contributed by atoms with Crippen LogP contribution in [0.4, 0.5) is 0 Å². The van der Waals surface area contributed by atoms with E-state index in [4.69, 9.17) is 21.1 Å². The maximum atomic E-state index is 5.96. The Morgan fingerprint density at radius 2 is 1.91 bits per heavy atom. The lowest BCUT2D eigenvalue weighted by Crippen LogP contribution is -2.00. The Morgan fingerprint density at radius 1 is 1.14 bits per heavy atom. The molecule has 0 unspecified atom stereocenters. The van der Waals surface area contributed by atoms with E-state index in [0.717, 1.165) is 33.4 Å². The average Bonchev–Trinajstić information content (AvgIpc) is 2.94. The van der Waals surface area contributed by atoms with Gasteiger partial charge in [0, 0.05) is 10.8 Å². The highest BCUT2D eigenvalue weighted by Gasteiger charge is 2.04. The van der Waals surface area contributed by atoms with Gasteiger partial charge in [0.1, 0.15) is 11.5 Å². The van der Waals surface area contributed by atoms with E-state index in [0.29, 0.717) is 11.6 Å². The topological polar surface area (TPSA) is 47.1 Å². The van der Waals surface area contributed by atoms with E-state index in [9.17, 15) is 0 Å². The number of aromatic nitrogens is 2. The van der Waals surface area contributed by atoms with Gasteiger partial charge in [0.05, 0.1) is 24.8 Å². The van der Waals surface area contributed by atoms with Gasteiger partial charge >= 0.3 is 0 Å².